The second-order valence-electron chi connectivity index (χ2n) is 3.38. The predicted molar refractivity (Wildman–Crippen MR) is 72.6 cm³/mol. The maximum absolute atomic E-state index is 13.7. The van der Waals surface area contributed by atoms with Crippen LogP contribution < -0.4 is 11.1 Å². The van der Waals surface area contributed by atoms with Gasteiger partial charge in [0.2, 0.25) is 0 Å². The molecule has 1 aromatic carbocycles. The molecule has 0 spiro atoms. The molecule has 92 valence electrons. The van der Waals surface area contributed by atoms with Gasteiger partial charge in [0, 0.05) is 0 Å². The van der Waals surface area contributed by atoms with Gasteiger partial charge >= 0.3 is 0 Å². The van der Waals surface area contributed by atoms with Crippen LogP contribution in [0, 0.1) is 5.82 Å². The molecule has 18 heavy (non-hydrogen) atoms. The van der Waals surface area contributed by atoms with Crippen molar-refractivity contribution in [3.8, 4) is 0 Å². The highest BCUT2D eigenvalue weighted by molar-refractivity contribution is 7.80. The molecular weight excluding hydrogens is 275 g/mol. The van der Waals surface area contributed by atoms with Crippen molar-refractivity contribution in [2.75, 3.05) is 5.32 Å². The lowest BCUT2D eigenvalue weighted by atomic mass is 10.2. The molecule has 0 aliphatic rings. The predicted octanol–water partition coefficient (Wildman–Crippen LogP) is 2.65. The molecule has 0 amide bonds. The normalized spacial score (nSPS) is 10.1. The molecule has 0 aliphatic heterocycles. The van der Waals surface area contributed by atoms with E-state index in [-0.39, 0.29) is 21.5 Å². The molecule has 0 saturated carbocycles. The van der Waals surface area contributed by atoms with Crippen LogP contribution in [0.25, 0.3) is 0 Å². The summed E-state index contributed by atoms with van der Waals surface area (Å²) in [6, 6.07) is 6.19. The van der Waals surface area contributed by atoms with Gasteiger partial charge in [-0.3, -0.25) is 0 Å². The van der Waals surface area contributed by atoms with E-state index in [0.717, 1.165) is 0 Å². The minimum Gasteiger partial charge on any atom is -0.389 e. The summed E-state index contributed by atoms with van der Waals surface area (Å²) in [4.78, 5) is 0.148. The number of aromatic nitrogens is 2. The first-order valence-electron chi connectivity index (χ1n) is 4.92. The first kappa shape index (κ1) is 12.7. The van der Waals surface area contributed by atoms with Gasteiger partial charge in [-0.1, -0.05) is 29.9 Å². The summed E-state index contributed by atoms with van der Waals surface area (Å²) >= 11 is 10.6. The van der Waals surface area contributed by atoms with Crippen molar-refractivity contribution in [2.24, 2.45) is 5.73 Å². The van der Waals surface area contributed by atoms with Gasteiger partial charge in [0.15, 0.2) is 11.6 Å². The van der Waals surface area contributed by atoms with Crippen LogP contribution >= 0.6 is 23.8 Å². The van der Waals surface area contributed by atoms with Gasteiger partial charge in [-0.2, -0.15) is 5.10 Å². The standard InChI is InChI=1S/C11H8ClFN4S/c12-7-2-1-3-8(9(7)13)16-11-6(10(14)18)4-5-15-17-11/h1-5H,(H2,14,18)(H,16,17). The Hall–Kier alpha value is -1.79. The van der Waals surface area contributed by atoms with Crippen LogP contribution in [0.5, 0.6) is 0 Å². The van der Waals surface area contributed by atoms with E-state index >= 15 is 0 Å². The molecule has 2 rings (SSSR count). The fraction of sp³-hybridized carbons (Fsp3) is 0. The fourth-order valence-electron chi connectivity index (χ4n) is 1.35. The molecule has 4 nitrogen and oxygen atoms in total. The third-order valence-electron chi connectivity index (χ3n) is 2.19. The third kappa shape index (κ3) is 2.55. The Bertz CT molecular complexity index is 605. The molecule has 0 radical (unpaired) electrons. The lowest BCUT2D eigenvalue weighted by Gasteiger charge is -2.10. The number of nitrogens with zero attached hydrogens (tertiary/aromatic N) is 2. The number of rotatable bonds is 3. The largest absolute Gasteiger partial charge is 0.389 e. The molecule has 3 N–H and O–H groups in total. The van der Waals surface area contributed by atoms with E-state index in [4.69, 9.17) is 29.6 Å². The van der Waals surface area contributed by atoms with Gasteiger partial charge in [-0.15, -0.1) is 5.10 Å². The highest BCUT2D eigenvalue weighted by Gasteiger charge is 2.11. The highest BCUT2D eigenvalue weighted by atomic mass is 35.5. The SMILES string of the molecule is NC(=S)c1ccnnc1Nc1cccc(Cl)c1F. The van der Waals surface area contributed by atoms with Gasteiger partial charge < -0.3 is 11.1 Å². The summed E-state index contributed by atoms with van der Waals surface area (Å²) in [6.07, 6.45) is 1.45. The zero-order valence-electron chi connectivity index (χ0n) is 9.02. The molecule has 2 aromatic rings. The second kappa shape index (κ2) is 5.24. The number of thiocarbonyl (C=S) groups is 1. The average Bonchev–Trinajstić information content (AvgIpc) is 2.35. The molecule has 0 atom stereocenters. The number of benzene rings is 1. The van der Waals surface area contributed by atoms with Crippen LogP contribution in [-0.4, -0.2) is 15.2 Å². The van der Waals surface area contributed by atoms with E-state index in [1.165, 1.54) is 18.3 Å². The number of nitrogens with two attached hydrogens (primary N) is 1. The van der Waals surface area contributed by atoms with E-state index in [2.05, 4.69) is 15.5 Å². The first-order valence-corrected chi connectivity index (χ1v) is 5.70. The van der Waals surface area contributed by atoms with Gasteiger partial charge in [0.1, 0.15) is 4.99 Å². The molecule has 0 bridgehead atoms. The maximum atomic E-state index is 13.7. The van der Waals surface area contributed by atoms with Crippen LogP contribution in [0.4, 0.5) is 15.9 Å². The van der Waals surface area contributed by atoms with Crippen LogP contribution in [0.3, 0.4) is 0 Å². The molecule has 7 heteroatoms. The third-order valence-corrected chi connectivity index (χ3v) is 2.70. The van der Waals surface area contributed by atoms with Crippen molar-refractivity contribution in [3.63, 3.8) is 0 Å². The smallest absolute Gasteiger partial charge is 0.165 e. The van der Waals surface area contributed by atoms with Gasteiger partial charge in [0.25, 0.3) is 0 Å². The van der Waals surface area contributed by atoms with Crippen LogP contribution in [-0.2, 0) is 0 Å². The van der Waals surface area contributed by atoms with E-state index in [0.29, 0.717) is 5.56 Å². The Labute approximate surface area is 113 Å². The van der Waals surface area contributed by atoms with Crippen LogP contribution in [0.1, 0.15) is 5.56 Å². The molecule has 0 aliphatic carbocycles. The number of nitrogens with one attached hydrogen (secondary N) is 1. The summed E-state index contributed by atoms with van der Waals surface area (Å²) in [7, 11) is 0. The van der Waals surface area contributed by atoms with Crippen LogP contribution in [0.2, 0.25) is 5.02 Å². The summed E-state index contributed by atoms with van der Waals surface area (Å²) in [5, 5.41) is 10.3. The molecular formula is C11H8ClFN4S. The Morgan fingerprint density at radius 3 is 2.89 bits per heavy atom. The maximum Gasteiger partial charge on any atom is 0.165 e. The molecule has 1 heterocycles. The first-order chi connectivity index (χ1) is 8.59. The zero-order chi connectivity index (χ0) is 13.1. The van der Waals surface area contributed by atoms with Crippen molar-refractivity contribution in [1.29, 1.82) is 0 Å². The average molecular weight is 283 g/mol. The molecule has 0 unspecified atom stereocenters. The fourth-order valence-corrected chi connectivity index (χ4v) is 1.69. The molecule has 1 aromatic heterocycles. The van der Waals surface area contributed by atoms with E-state index < -0.39 is 5.82 Å². The number of hydrogen-bond acceptors (Lipinski definition) is 4. The Balaban J connectivity index is 2.40. The van der Waals surface area contributed by atoms with Crippen molar-refractivity contribution >= 4 is 40.3 Å². The highest BCUT2D eigenvalue weighted by Crippen LogP contribution is 2.25. The minimum absolute atomic E-state index is 0.0146. The van der Waals surface area contributed by atoms with Crippen molar-refractivity contribution in [1.82, 2.24) is 10.2 Å². The summed E-state index contributed by atoms with van der Waals surface area (Å²) < 4.78 is 13.7. The van der Waals surface area contributed by atoms with E-state index in [1.807, 2.05) is 0 Å². The summed E-state index contributed by atoms with van der Waals surface area (Å²) in [5.74, 6) is -0.287. The summed E-state index contributed by atoms with van der Waals surface area (Å²) in [6.45, 7) is 0. The number of hydrogen-bond donors (Lipinski definition) is 2. The minimum atomic E-state index is -0.571. The van der Waals surface area contributed by atoms with Crippen molar-refractivity contribution in [2.45, 2.75) is 0 Å². The lowest BCUT2D eigenvalue weighted by Crippen LogP contribution is -2.13. The van der Waals surface area contributed by atoms with Gasteiger partial charge in [-0.05, 0) is 18.2 Å². The van der Waals surface area contributed by atoms with Crippen molar-refractivity contribution in [3.05, 3.63) is 46.9 Å². The second-order valence-corrected chi connectivity index (χ2v) is 4.23. The number of halogens is 2. The van der Waals surface area contributed by atoms with Crippen molar-refractivity contribution < 1.29 is 4.39 Å². The zero-order valence-corrected chi connectivity index (χ0v) is 10.6. The van der Waals surface area contributed by atoms with E-state index in [9.17, 15) is 4.39 Å². The Morgan fingerprint density at radius 1 is 1.39 bits per heavy atom. The Kier molecular flexibility index (Phi) is 3.69. The molecule has 0 saturated heterocycles. The van der Waals surface area contributed by atoms with Gasteiger partial charge in [0.05, 0.1) is 22.5 Å². The van der Waals surface area contributed by atoms with Gasteiger partial charge in [-0.25, -0.2) is 4.39 Å². The number of anilines is 2. The quantitative estimate of drug-likeness (QED) is 0.848. The van der Waals surface area contributed by atoms with Crippen LogP contribution in [0.15, 0.2) is 30.5 Å². The molecule has 0 fully saturated rings. The monoisotopic (exact) mass is 282 g/mol. The Morgan fingerprint density at radius 2 is 2.17 bits per heavy atom. The van der Waals surface area contributed by atoms with E-state index in [1.54, 1.807) is 12.1 Å². The lowest BCUT2D eigenvalue weighted by molar-refractivity contribution is 0.632. The topological polar surface area (TPSA) is 63.8 Å². The summed E-state index contributed by atoms with van der Waals surface area (Å²) in [5.41, 5.74) is 6.21.